The van der Waals surface area contributed by atoms with Crippen LogP contribution in [0, 0.1) is 0 Å². The Morgan fingerprint density at radius 1 is 1.32 bits per heavy atom. The lowest BCUT2D eigenvalue weighted by Crippen LogP contribution is -2.47. The van der Waals surface area contributed by atoms with Gasteiger partial charge in [-0.15, -0.1) is 0 Å². The van der Waals surface area contributed by atoms with Crippen molar-refractivity contribution in [1.82, 2.24) is 4.90 Å². The zero-order valence-electron chi connectivity index (χ0n) is 11.6. The van der Waals surface area contributed by atoms with Gasteiger partial charge in [0, 0.05) is 19.9 Å². The van der Waals surface area contributed by atoms with Crippen LogP contribution in [0.3, 0.4) is 0 Å². The average molecular weight is 259 g/mol. The third-order valence-corrected chi connectivity index (χ3v) is 4.95. The zero-order chi connectivity index (χ0) is 13.6. The molecule has 3 unspecified atom stereocenters. The van der Waals surface area contributed by atoms with Gasteiger partial charge in [0.25, 0.3) is 0 Å². The number of amides is 1. The van der Waals surface area contributed by atoms with E-state index in [1.807, 2.05) is 12.1 Å². The Morgan fingerprint density at radius 2 is 2.00 bits per heavy atom. The number of fused-ring (bicyclic) bond motifs is 3. The van der Waals surface area contributed by atoms with Gasteiger partial charge in [0.2, 0.25) is 5.91 Å². The molecule has 1 N–H and O–H groups in total. The van der Waals surface area contributed by atoms with Crippen molar-refractivity contribution in [1.29, 1.82) is 0 Å². The van der Waals surface area contributed by atoms with Gasteiger partial charge in [0.05, 0.1) is 11.6 Å². The topological polar surface area (TPSA) is 40.5 Å². The van der Waals surface area contributed by atoms with E-state index in [1.54, 1.807) is 18.9 Å². The number of hydrogen-bond donors (Lipinski definition) is 1. The minimum Gasteiger partial charge on any atom is -0.387 e. The van der Waals surface area contributed by atoms with Gasteiger partial charge in [-0.3, -0.25) is 4.79 Å². The van der Waals surface area contributed by atoms with Crippen LogP contribution in [0.2, 0.25) is 0 Å². The van der Waals surface area contributed by atoms with Crippen LogP contribution in [-0.4, -0.2) is 28.6 Å². The van der Waals surface area contributed by atoms with Crippen molar-refractivity contribution in [2.75, 3.05) is 7.05 Å². The van der Waals surface area contributed by atoms with Crippen LogP contribution >= 0.6 is 0 Å². The van der Waals surface area contributed by atoms with Gasteiger partial charge >= 0.3 is 0 Å². The van der Waals surface area contributed by atoms with Crippen LogP contribution in [-0.2, 0) is 4.79 Å². The zero-order valence-corrected chi connectivity index (χ0v) is 11.6. The van der Waals surface area contributed by atoms with Crippen molar-refractivity contribution in [3.05, 3.63) is 35.4 Å². The standard InChI is InChI=1S/C16H21NO2/c1-11(18)17(2)15-13-8-4-3-7-12(13)14-9-5-6-10-16(14,15)19/h3-4,7-8,14-15,19H,5-6,9-10H2,1-2H3. The van der Waals surface area contributed by atoms with Crippen molar-refractivity contribution in [2.45, 2.75) is 50.2 Å². The number of carbonyl (C=O) groups is 1. The maximum absolute atomic E-state index is 11.8. The quantitative estimate of drug-likeness (QED) is 0.842. The lowest BCUT2D eigenvalue weighted by molar-refractivity contribution is -0.139. The van der Waals surface area contributed by atoms with Crippen molar-refractivity contribution in [3.63, 3.8) is 0 Å². The average Bonchev–Trinajstić information content (AvgIpc) is 2.66. The summed E-state index contributed by atoms with van der Waals surface area (Å²) >= 11 is 0. The van der Waals surface area contributed by atoms with Crippen molar-refractivity contribution in [2.24, 2.45) is 0 Å². The van der Waals surface area contributed by atoms with Gasteiger partial charge in [0.1, 0.15) is 0 Å². The largest absolute Gasteiger partial charge is 0.387 e. The number of likely N-dealkylation sites (N-methyl/N-ethyl adjacent to an activating group) is 1. The molecule has 1 amide bonds. The van der Waals surface area contributed by atoms with Gasteiger partial charge in [-0.1, -0.05) is 37.1 Å². The number of hydrogen-bond acceptors (Lipinski definition) is 2. The predicted octanol–water partition coefficient (Wildman–Crippen LogP) is 2.61. The molecule has 102 valence electrons. The minimum absolute atomic E-state index is 0.0134. The summed E-state index contributed by atoms with van der Waals surface area (Å²) in [5.74, 6) is 0.198. The summed E-state index contributed by atoms with van der Waals surface area (Å²) in [4.78, 5) is 13.5. The Morgan fingerprint density at radius 3 is 2.68 bits per heavy atom. The summed E-state index contributed by atoms with van der Waals surface area (Å²) in [6.07, 6.45) is 4.02. The van der Waals surface area contributed by atoms with E-state index in [0.29, 0.717) is 0 Å². The Labute approximate surface area is 114 Å². The van der Waals surface area contributed by atoms with E-state index in [4.69, 9.17) is 0 Å². The molecule has 3 heteroatoms. The van der Waals surface area contributed by atoms with Crippen LogP contribution in [0.1, 0.15) is 55.7 Å². The first kappa shape index (κ1) is 12.7. The molecule has 3 rings (SSSR count). The molecule has 1 aromatic rings. The van der Waals surface area contributed by atoms with Crippen molar-refractivity contribution < 1.29 is 9.90 Å². The molecule has 0 aliphatic heterocycles. The molecule has 1 fully saturated rings. The van der Waals surface area contributed by atoms with Crippen LogP contribution in [0.15, 0.2) is 24.3 Å². The summed E-state index contributed by atoms with van der Waals surface area (Å²) in [6, 6.07) is 8.02. The maximum atomic E-state index is 11.8. The highest BCUT2D eigenvalue weighted by Crippen LogP contribution is 2.56. The summed E-state index contributed by atoms with van der Waals surface area (Å²) in [7, 11) is 1.80. The number of rotatable bonds is 1. The molecule has 1 aromatic carbocycles. The summed E-state index contributed by atoms with van der Waals surface area (Å²) < 4.78 is 0. The highest BCUT2D eigenvalue weighted by molar-refractivity contribution is 5.74. The van der Waals surface area contributed by atoms with E-state index in [2.05, 4.69) is 12.1 Å². The second-order valence-corrected chi connectivity index (χ2v) is 5.95. The molecule has 0 aromatic heterocycles. The molecule has 19 heavy (non-hydrogen) atoms. The smallest absolute Gasteiger partial charge is 0.219 e. The Balaban J connectivity index is 2.13. The van der Waals surface area contributed by atoms with Gasteiger partial charge in [-0.2, -0.15) is 0 Å². The highest BCUT2D eigenvalue weighted by Gasteiger charge is 2.54. The lowest BCUT2D eigenvalue weighted by Gasteiger charge is -2.42. The molecule has 0 heterocycles. The molecule has 0 saturated heterocycles. The van der Waals surface area contributed by atoms with Crippen LogP contribution in [0.5, 0.6) is 0 Å². The summed E-state index contributed by atoms with van der Waals surface area (Å²) in [6.45, 7) is 1.57. The first-order valence-electron chi connectivity index (χ1n) is 7.10. The van der Waals surface area contributed by atoms with Crippen molar-refractivity contribution >= 4 is 5.91 Å². The Hall–Kier alpha value is -1.35. The first-order chi connectivity index (χ1) is 9.05. The van der Waals surface area contributed by atoms with Gasteiger partial charge < -0.3 is 10.0 Å². The monoisotopic (exact) mass is 259 g/mol. The van der Waals surface area contributed by atoms with Crippen LogP contribution in [0.4, 0.5) is 0 Å². The SMILES string of the molecule is CC(=O)N(C)C1c2ccccc2C2CCCCC21O. The van der Waals surface area contributed by atoms with E-state index < -0.39 is 5.60 Å². The predicted molar refractivity (Wildman–Crippen MR) is 73.8 cm³/mol. The number of aliphatic hydroxyl groups is 1. The normalized spacial score (nSPS) is 32.6. The Bertz CT molecular complexity index is 513. The third kappa shape index (κ3) is 1.71. The molecule has 0 spiro atoms. The molecule has 3 atom stereocenters. The van der Waals surface area contributed by atoms with Crippen LogP contribution in [0.25, 0.3) is 0 Å². The molecule has 2 aliphatic carbocycles. The van der Waals surface area contributed by atoms with Gasteiger partial charge in [0.15, 0.2) is 0 Å². The molecular weight excluding hydrogens is 238 g/mol. The molecule has 0 radical (unpaired) electrons. The Kier molecular flexibility index (Phi) is 2.90. The summed E-state index contributed by atoms with van der Waals surface area (Å²) in [5, 5.41) is 11.2. The van der Waals surface area contributed by atoms with Crippen LogP contribution < -0.4 is 0 Å². The van der Waals surface area contributed by atoms with E-state index in [1.165, 1.54) is 5.56 Å². The lowest BCUT2D eigenvalue weighted by atomic mass is 9.74. The highest BCUT2D eigenvalue weighted by atomic mass is 16.3. The maximum Gasteiger partial charge on any atom is 0.219 e. The number of carbonyl (C=O) groups excluding carboxylic acids is 1. The van der Waals surface area contributed by atoms with E-state index >= 15 is 0 Å². The van der Waals surface area contributed by atoms with Gasteiger partial charge in [-0.05, 0) is 24.0 Å². The van der Waals surface area contributed by atoms with Gasteiger partial charge in [-0.25, -0.2) is 0 Å². The van der Waals surface area contributed by atoms with E-state index in [9.17, 15) is 9.90 Å². The summed E-state index contributed by atoms with van der Waals surface area (Å²) in [5.41, 5.74) is 1.60. The molecule has 0 bridgehead atoms. The fourth-order valence-electron chi connectivity index (χ4n) is 4.01. The molecule has 3 nitrogen and oxygen atoms in total. The minimum atomic E-state index is -0.775. The number of benzene rings is 1. The number of nitrogens with zero attached hydrogens (tertiary/aromatic N) is 1. The van der Waals surface area contributed by atoms with Crippen molar-refractivity contribution in [3.8, 4) is 0 Å². The van der Waals surface area contributed by atoms with E-state index in [-0.39, 0.29) is 17.9 Å². The molecule has 2 aliphatic rings. The fraction of sp³-hybridized carbons (Fsp3) is 0.562. The molecular formula is C16H21NO2. The third-order valence-electron chi connectivity index (χ3n) is 4.95. The fourth-order valence-corrected chi connectivity index (χ4v) is 4.01. The molecule has 1 saturated carbocycles. The first-order valence-corrected chi connectivity index (χ1v) is 7.10. The van der Waals surface area contributed by atoms with E-state index in [0.717, 1.165) is 31.2 Å². The second kappa shape index (κ2) is 4.34. The second-order valence-electron chi connectivity index (χ2n) is 5.95.